The summed E-state index contributed by atoms with van der Waals surface area (Å²) in [5.41, 5.74) is 6.24. The van der Waals surface area contributed by atoms with Crippen LogP contribution in [0.2, 0.25) is 0 Å². The van der Waals surface area contributed by atoms with Gasteiger partial charge in [0.15, 0.2) is 0 Å². The van der Waals surface area contributed by atoms with Crippen LogP contribution in [0.15, 0.2) is 0 Å². The molecule has 2 N–H and O–H groups in total. The molecule has 0 aromatic heterocycles. The summed E-state index contributed by atoms with van der Waals surface area (Å²) >= 11 is 0. The predicted molar refractivity (Wildman–Crippen MR) is 57.2 cm³/mol. The summed E-state index contributed by atoms with van der Waals surface area (Å²) in [7, 11) is 0. The molecule has 2 rings (SSSR count). The Bertz CT molecular complexity index is 201. The van der Waals surface area contributed by atoms with Crippen molar-refractivity contribution in [1.29, 1.82) is 0 Å². The average molecular weight is 198 g/mol. The minimum absolute atomic E-state index is 0.317. The highest BCUT2D eigenvalue weighted by Crippen LogP contribution is 2.42. The molecule has 82 valence electrons. The largest absolute Gasteiger partial charge is 0.376 e. The van der Waals surface area contributed by atoms with Crippen LogP contribution < -0.4 is 5.73 Å². The van der Waals surface area contributed by atoms with Crippen molar-refractivity contribution in [2.45, 2.75) is 38.3 Å². The molecule has 1 unspecified atom stereocenters. The van der Waals surface area contributed by atoms with Crippen molar-refractivity contribution < 1.29 is 4.74 Å². The molecule has 1 aliphatic carbocycles. The van der Waals surface area contributed by atoms with Gasteiger partial charge in [-0.3, -0.25) is 4.90 Å². The lowest BCUT2D eigenvalue weighted by Gasteiger charge is -2.55. The Hall–Kier alpha value is -0.120. The van der Waals surface area contributed by atoms with Gasteiger partial charge in [-0.1, -0.05) is 6.92 Å². The predicted octanol–water partition coefficient (Wildman–Crippen LogP) is 0.834. The van der Waals surface area contributed by atoms with E-state index >= 15 is 0 Å². The van der Waals surface area contributed by atoms with Crippen LogP contribution in [-0.4, -0.2) is 42.8 Å². The van der Waals surface area contributed by atoms with Crippen LogP contribution in [0.5, 0.6) is 0 Å². The molecule has 3 nitrogen and oxygen atoms in total. The Labute approximate surface area is 86.6 Å². The van der Waals surface area contributed by atoms with Gasteiger partial charge in [0.2, 0.25) is 0 Å². The molecular formula is C11H22N2O. The van der Waals surface area contributed by atoms with Gasteiger partial charge in [0.25, 0.3) is 0 Å². The van der Waals surface area contributed by atoms with Gasteiger partial charge in [-0.25, -0.2) is 0 Å². The van der Waals surface area contributed by atoms with E-state index in [1.807, 2.05) is 0 Å². The van der Waals surface area contributed by atoms with E-state index in [4.69, 9.17) is 10.5 Å². The van der Waals surface area contributed by atoms with E-state index < -0.39 is 0 Å². The Morgan fingerprint density at radius 2 is 2.14 bits per heavy atom. The summed E-state index contributed by atoms with van der Waals surface area (Å²) in [6.45, 7) is 8.27. The highest BCUT2D eigenvalue weighted by molar-refractivity contribution is 5.03. The topological polar surface area (TPSA) is 38.5 Å². The maximum absolute atomic E-state index is 5.92. The molecule has 2 aliphatic rings. The van der Waals surface area contributed by atoms with E-state index in [1.165, 1.54) is 12.8 Å². The first-order valence-electron chi connectivity index (χ1n) is 5.73. The molecule has 0 amide bonds. The summed E-state index contributed by atoms with van der Waals surface area (Å²) in [6.07, 6.45) is 2.93. The number of ether oxygens (including phenoxy) is 1. The molecule has 0 bridgehead atoms. The third-order valence-corrected chi connectivity index (χ3v) is 3.75. The number of hydrogen-bond donors (Lipinski definition) is 1. The highest BCUT2D eigenvalue weighted by Gasteiger charge is 2.46. The maximum Gasteiger partial charge on any atom is 0.0674 e. The zero-order chi connectivity index (χ0) is 10.2. The molecule has 14 heavy (non-hydrogen) atoms. The normalized spacial score (nSPS) is 44.8. The fourth-order valence-corrected chi connectivity index (χ4v) is 3.04. The first kappa shape index (κ1) is 10.4. The fourth-order valence-electron chi connectivity index (χ4n) is 3.04. The van der Waals surface area contributed by atoms with Gasteiger partial charge in [0, 0.05) is 25.2 Å². The van der Waals surface area contributed by atoms with Crippen LogP contribution in [0.1, 0.15) is 26.7 Å². The SMILES string of the molecule is CC1CC(CN)(N2CCOC(C)C2)C1. The zero-order valence-corrected chi connectivity index (χ0v) is 9.33. The lowest BCUT2D eigenvalue weighted by molar-refractivity contribution is -0.0973. The van der Waals surface area contributed by atoms with Crippen LogP contribution in [0.4, 0.5) is 0 Å². The Morgan fingerprint density at radius 3 is 2.64 bits per heavy atom. The molecule has 1 saturated heterocycles. The minimum atomic E-state index is 0.317. The molecule has 0 aromatic carbocycles. The number of morpholine rings is 1. The third-order valence-electron chi connectivity index (χ3n) is 3.75. The summed E-state index contributed by atoms with van der Waals surface area (Å²) < 4.78 is 5.56. The van der Waals surface area contributed by atoms with E-state index in [0.717, 1.165) is 32.2 Å². The molecule has 0 aromatic rings. The first-order chi connectivity index (χ1) is 6.66. The number of nitrogens with two attached hydrogens (primary N) is 1. The van der Waals surface area contributed by atoms with Gasteiger partial charge in [0.05, 0.1) is 12.7 Å². The molecule has 1 heterocycles. The Kier molecular flexibility index (Phi) is 2.82. The first-order valence-corrected chi connectivity index (χ1v) is 5.73. The van der Waals surface area contributed by atoms with Gasteiger partial charge in [-0.15, -0.1) is 0 Å². The van der Waals surface area contributed by atoms with Crippen molar-refractivity contribution in [2.75, 3.05) is 26.2 Å². The van der Waals surface area contributed by atoms with E-state index in [-0.39, 0.29) is 0 Å². The summed E-state index contributed by atoms with van der Waals surface area (Å²) in [5.74, 6) is 0.858. The van der Waals surface area contributed by atoms with Gasteiger partial charge in [-0.05, 0) is 25.7 Å². The van der Waals surface area contributed by atoms with Crippen molar-refractivity contribution in [3.05, 3.63) is 0 Å². The summed E-state index contributed by atoms with van der Waals surface area (Å²) in [4.78, 5) is 2.56. The summed E-state index contributed by atoms with van der Waals surface area (Å²) in [5, 5.41) is 0. The number of hydrogen-bond acceptors (Lipinski definition) is 3. The molecule has 2 fully saturated rings. The average Bonchev–Trinajstić information content (AvgIpc) is 2.12. The van der Waals surface area contributed by atoms with Gasteiger partial charge in [0.1, 0.15) is 0 Å². The van der Waals surface area contributed by atoms with Crippen molar-refractivity contribution in [2.24, 2.45) is 11.7 Å². The molecule has 0 spiro atoms. The third kappa shape index (κ3) is 1.69. The quantitative estimate of drug-likeness (QED) is 0.714. The van der Waals surface area contributed by atoms with Crippen molar-refractivity contribution in [3.8, 4) is 0 Å². The van der Waals surface area contributed by atoms with Crippen molar-refractivity contribution in [1.82, 2.24) is 4.90 Å². The molecule has 1 saturated carbocycles. The van der Waals surface area contributed by atoms with E-state index in [9.17, 15) is 0 Å². The fraction of sp³-hybridized carbons (Fsp3) is 1.00. The second-order valence-corrected chi connectivity index (χ2v) is 5.07. The zero-order valence-electron chi connectivity index (χ0n) is 9.33. The molecular weight excluding hydrogens is 176 g/mol. The van der Waals surface area contributed by atoms with Crippen molar-refractivity contribution >= 4 is 0 Å². The molecule has 1 atom stereocenters. The van der Waals surface area contributed by atoms with Crippen LogP contribution in [0.3, 0.4) is 0 Å². The van der Waals surface area contributed by atoms with Crippen LogP contribution in [-0.2, 0) is 4.74 Å². The van der Waals surface area contributed by atoms with E-state index in [1.54, 1.807) is 0 Å². The Balaban J connectivity index is 1.98. The van der Waals surface area contributed by atoms with Gasteiger partial charge < -0.3 is 10.5 Å². The lowest BCUT2D eigenvalue weighted by Crippen LogP contribution is -2.64. The monoisotopic (exact) mass is 198 g/mol. The highest BCUT2D eigenvalue weighted by atomic mass is 16.5. The van der Waals surface area contributed by atoms with Crippen molar-refractivity contribution in [3.63, 3.8) is 0 Å². The number of rotatable bonds is 2. The van der Waals surface area contributed by atoms with E-state index in [0.29, 0.717) is 11.6 Å². The lowest BCUT2D eigenvalue weighted by atomic mass is 9.68. The molecule has 3 heteroatoms. The van der Waals surface area contributed by atoms with Crippen LogP contribution >= 0.6 is 0 Å². The summed E-state index contributed by atoms with van der Waals surface area (Å²) in [6, 6.07) is 0. The second kappa shape index (κ2) is 3.80. The van der Waals surface area contributed by atoms with Crippen LogP contribution in [0.25, 0.3) is 0 Å². The van der Waals surface area contributed by atoms with E-state index in [2.05, 4.69) is 18.7 Å². The standard InChI is InChI=1S/C11H22N2O/c1-9-5-11(6-9,8-12)13-3-4-14-10(2)7-13/h9-10H,3-8,12H2,1-2H3. The molecule has 0 radical (unpaired) electrons. The van der Waals surface area contributed by atoms with Gasteiger partial charge in [-0.2, -0.15) is 0 Å². The molecule has 1 aliphatic heterocycles. The van der Waals surface area contributed by atoms with Crippen LogP contribution in [0, 0.1) is 5.92 Å². The van der Waals surface area contributed by atoms with Gasteiger partial charge >= 0.3 is 0 Å². The smallest absolute Gasteiger partial charge is 0.0674 e. The Morgan fingerprint density at radius 1 is 1.43 bits per heavy atom. The minimum Gasteiger partial charge on any atom is -0.376 e. The maximum atomic E-state index is 5.92. The number of nitrogens with zero attached hydrogens (tertiary/aromatic N) is 1. The second-order valence-electron chi connectivity index (χ2n) is 5.07.